The molecule has 26 heavy (non-hydrogen) atoms. The molecule has 3 aliphatic rings. The van der Waals surface area contributed by atoms with Crippen molar-refractivity contribution in [2.45, 2.75) is 63.5 Å². The van der Waals surface area contributed by atoms with Crippen LogP contribution in [-0.4, -0.2) is 37.7 Å². The first-order chi connectivity index (χ1) is 12.6. The topological polar surface area (TPSA) is 65.2 Å². The third kappa shape index (κ3) is 3.80. The van der Waals surface area contributed by atoms with Crippen LogP contribution in [0.15, 0.2) is 17.8 Å². The van der Waals surface area contributed by atoms with Gasteiger partial charge in [0.05, 0.1) is 0 Å². The molecule has 0 spiro atoms. The maximum absolute atomic E-state index is 12.5. The Bertz CT molecular complexity index is 860. The number of aromatic nitrogens is 1. The normalized spacial score (nSPS) is 21.5. The van der Waals surface area contributed by atoms with Gasteiger partial charge in [0, 0.05) is 34.6 Å². The fourth-order valence-electron chi connectivity index (χ4n) is 3.94. The van der Waals surface area contributed by atoms with E-state index in [2.05, 4.69) is 32.8 Å². The second-order valence-corrected chi connectivity index (χ2v) is 8.80. The standard InChI is InChI=1S/C20H27N3O2S/c1-26(25)23(16-6-3-2-4-7-16)17-8-5-9-18-14(12-17)13-19(22-18)20(24)21-15-10-11-15/h8-9,12-13,15-16,22H,2-7,10-11H2,1H3,(H,21,24). The van der Waals surface area contributed by atoms with Crippen LogP contribution in [0.25, 0.3) is 12.2 Å². The number of nitrogens with zero attached hydrogens (tertiary/aromatic N) is 1. The van der Waals surface area contributed by atoms with Gasteiger partial charge in [0.25, 0.3) is 5.91 Å². The van der Waals surface area contributed by atoms with E-state index >= 15 is 0 Å². The number of carbonyl (C=O) groups excluding carboxylic acids is 1. The van der Waals surface area contributed by atoms with Gasteiger partial charge in [0.15, 0.2) is 0 Å². The van der Waals surface area contributed by atoms with Gasteiger partial charge in [-0.25, -0.2) is 4.21 Å². The lowest BCUT2D eigenvalue weighted by Gasteiger charge is -2.34. The first-order valence-corrected chi connectivity index (χ1v) is 11.2. The Morgan fingerprint density at radius 2 is 1.96 bits per heavy atom. The summed E-state index contributed by atoms with van der Waals surface area (Å²) in [5, 5.41) is 5.00. The molecule has 1 aromatic rings. The van der Waals surface area contributed by atoms with Crippen molar-refractivity contribution in [3.05, 3.63) is 34.1 Å². The lowest BCUT2D eigenvalue weighted by molar-refractivity contribution is 0.0946. The molecule has 0 bridgehead atoms. The van der Waals surface area contributed by atoms with Crippen LogP contribution >= 0.6 is 0 Å². The van der Waals surface area contributed by atoms with Crippen LogP contribution in [0.5, 0.6) is 0 Å². The number of carbonyl (C=O) groups is 1. The van der Waals surface area contributed by atoms with Gasteiger partial charge in [-0.05, 0) is 44.2 Å². The van der Waals surface area contributed by atoms with Gasteiger partial charge < -0.3 is 10.3 Å². The van der Waals surface area contributed by atoms with Crippen LogP contribution in [0.2, 0.25) is 0 Å². The Hall–Kier alpha value is -1.82. The molecule has 5 nitrogen and oxygen atoms in total. The minimum absolute atomic E-state index is 0.0314. The van der Waals surface area contributed by atoms with Crippen molar-refractivity contribution in [3.8, 4) is 0 Å². The van der Waals surface area contributed by atoms with Gasteiger partial charge in [0.1, 0.15) is 16.7 Å². The number of allylic oxidation sites excluding steroid dienone is 2. The number of H-pyrrole nitrogens is 1. The zero-order valence-electron chi connectivity index (χ0n) is 15.3. The second kappa shape index (κ2) is 7.43. The molecule has 0 aromatic carbocycles. The second-order valence-electron chi connectivity index (χ2n) is 7.55. The third-order valence-electron chi connectivity index (χ3n) is 5.43. The van der Waals surface area contributed by atoms with Crippen LogP contribution in [0.1, 0.15) is 61.9 Å². The van der Waals surface area contributed by atoms with E-state index in [1.807, 2.05) is 6.07 Å². The highest BCUT2D eigenvalue weighted by atomic mass is 32.2. The molecule has 1 atom stereocenters. The Morgan fingerprint density at radius 1 is 1.19 bits per heavy atom. The van der Waals surface area contributed by atoms with Crippen molar-refractivity contribution in [2.75, 3.05) is 6.26 Å². The maximum atomic E-state index is 12.5. The van der Waals surface area contributed by atoms with E-state index < -0.39 is 11.0 Å². The van der Waals surface area contributed by atoms with Gasteiger partial charge >= 0.3 is 0 Å². The van der Waals surface area contributed by atoms with Crippen molar-refractivity contribution in [3.63, 3.8) is 0 Å². The number of rotatable bonds is 5. The highest BCUT2D eigenvalue weighted by Gasteiger charge is 2.26. The molecular weight excluding hydrogens is 346 g/mol. The van der Waals surface area contributed by atoms with Crippen LogP contribution < -0.4 is 15.9 Å². The van der Waals surface area contributed by atoms with E-state index in [0.29, 0.717) is 17.8 Å². The summed E-state index contributed by atoms with van der Waals surface area (Å²) < 4.78 is 14.6. The number of aromatic amines is 1. The fourth-order valence-corrected chi connectivity index (χ4v) is 5.00. The summed E-state index contributed by atoms with van der Waals surface area (Å²) >= 11 is 0. The monoisotopic (exact) mass is 373 g/mol. The number of hydrogen-bond donors (Lipinski definition) is 2. The van der Waals surface area contributed by atoms with Crippen molar-refractivity contribution >= 4 is 29.0 Å². The first kappa shape index (κ1) is 17.6. The SMILES string of the molecule is CS(=O)N(C1=CCC=c2[nH]c(C(=O)NC3CC3)cc2=C1)C1CCCCC1. The van der Waals surface area contributed by atoms with Crippen molar-refractivity contribution in [1.29, 1.82) is 0 Å². The smallest absolute Gasteiger partial charge is 0.267 e. The zero-order valence-corrected chi connectivity index (χ0v) is 16.1. The van der Waals surface area contributed by atoms with Crippen LogP contribution in [-0.2, 0) is 11.0 Å². The molecule has 1 heterocycles. The average molecular weight is 374 g/mol. The van der Waals surface area contributed by atoms with Crippen LogP contribution in [0.3, 0.4) is 0 Å². The van der Waals surface area contributed by atoms with E-state index in [1.54, 1.807) is 6.26 Å². The molecule has 3 aliphatic carbocycles. The molecule has 0 radical (unpaired) electrons. The summed E-state index contributed by atoms with van der Waals surface area (Å²) in [6.07, 6.45) is 16.9. The fraction of sp³-hybridized carbons (Fsp3) is 0.550. The van der Waals surface area contributed by atoms with Gasteiger partial charge in [-0.3, -0.25) is 9.10 Å². The molecule has 2 fully saturated rings. The lowest BCUT2D eigenvalue weighted by Crippen LogP contribution is -2.37. The van der Waals surface area contributed by atoms with Crippen molar-refractivity contribution in [2.24, 2.45) is 0 Å². The minimum Gasteiger partial charge on any atom is -0.351 e. The predicted molar refractivity (Wildman–Crippen MR) is 105 cm³/mol. The van der Waals surface area contributed by atoms with Gasteiger partial charge in [-0.15, -0.1) is 0 Å². The van der Waals surface area contributed by atoms with Gasteiger partial charge in [-0.1, -0.05) is 31.4 Å². The number of fused-ring (bicyclic) bond motifs is 1. The predicted octanol–water partition coefficient (Wildman–Crippen LogP) is 1.68. The van der Waals surface area contributed by atoms with E-state index in [1.165, 1.54) is 19.3 Å². The Labute approximate surface area is 156 Å². The first-order valence-electron chi connectivity index (χ1n) is 9.66. The average Bonchev–Trinajstić information content (AvgIpc) is 3.38. The number of hydrogen-bond acceptors (Lipinski definition) is 2. The zero-order chi connectivity index (χ0) is 18.1. The molecule has 6 heteroatoms. The molecule has 1 amide bonds. The van der Waals surface area contributed by atoms with Crippen LogP contribution in [0.4, 0.5) is 0 Å². The molecular formula is C20H27N3O2S. The highest BCUT2D eigenvalue weighted by Crippen LogP contribution is 2.27. The van der Waals surface area contributed by atoms with Crippen LogP contribution in [0, 0.1) is 0 Å². The van der Waals surface area contributed by atoms with E-state index in [4.69, 9.17) is 0 Å². The minimum atomic E-state index is -1.05. The summed E-state index contributed by atoms with van der Waals surface area (Å²) in [5.41, 5.74) is 1.62. The lowest BCUT2D eigenvalue weighted by atomic mass is 9.95. The maximum Gasteiger partial charge on any atom is 0.267 e. The van der Waals surface area contributed by atoms with Gasteiger partial charge in [-0.2, -0.15) is 0 Å². The summed E-state index contributed by atoms with van der Waals surface area (Å²) in [6, 6.07) is 2.61. The van der Waals surface area contributed by atoms with E-state index in [-0.39, 0.29) is 5.91 Å². The summed E-state index contributed by atoms with van der Waals surface area (Å²) in [7, 11) is -1.05. The van der Waals surface area contributed by atoms with Gasteiger partial charge in [0.2, 0.25) is 0 Å². The molecule has 140 valence electrons. The van der Waals surface area contributed by atoms with Crippen molar-refractivity contribution in [1.82, 2.24) is 14.6 Å². The molecule has 1 unspecified atom stereocenters. The summed E-state index contributed by atoms with van der Waals surface area (Å²) in [5.74, 6) is -0.0314. The third-order valence-corrected chi connectivity index (χ3v) is 6.49. The van der Waals surface area contributed by atoms with Crippen molar-refractivity contribution < 1.29 is 9.00 Å². The molecule has 0 saturated heterocycles. The highest BCUT2D eigenvalue weighted by molar-refractivity contribution is 7.82. The largest absolute Gasteiger partial charge is 0.351 e. The quantitative estimate of drug-likeness (QED) is 0.825. The summed E-state index contributed by atoms with van der Waals surface area (Å²) in [6.45, 7) is 0. The molecule has 4 rings (SSSR count). The Morgan fingerprint density at radius 3 is 2.65 bits per heavy atom. The molecule has 2 N–H and O–H groups in total. The molecule has 0 aliphatic heterocycles. The Kier molecular flexibility index (Phi) is 5.02. The molecule has 2 saturated carbocycles. The summed E-state index contributed by atoms with van der Waals surface area (Å²) in [4.78, 5) is 15.6. The Balaban J connectivity index is 1.63. The number of amides is 1. The number of nitrogens with one attached hydrogen (secondary N) is 2. The van der Waals surface area contributed by atoms with E-state index in [0.717, 1.165) is 48.4 Å². The molecule has 1 aromatic heterocycles. The van der Waals surface area contributed by atoms with E-state index in [9.17, 15) is 9.00 Å².